The average molecular weight is 426 g/mol. The fourth-order valence-corrected chi connectivity index (χ4v) is 6.01. The smallest absolute Gasteiger partial charge is 0.238 e. The Morgan fingerprint density at radius 2 is 1.48 bits per heavy atom. The molecule has 2 aromatic carbocycles. The minimum Gasteiger partial charge on any atom is -0.456 e. The Kier molecular flexibility index (Phi) is 3.69. The number of amides is 2. The van der Waals surface area contributed by atoms with Gasteiger partial charge in [0.05, 0.1) is 22.5 Å². The molecule has 2 saturated carbocycles. The quantitative estimate of drug-likeness (QED) is 0.492. The molecular weight excluding hydrogens is 409 g/mol. The number of rotatable bonds is 3. The number of nitrogens with zero attached hydrogens (tertiary/aromatic N) is 1. The second-order valence-electron chi connectivity index (χ2n) is 8.34. The van der Waals surface area contributed by atoms with E-state index < -0.39 is 0 Å². The van der Waals surface area contributed by atoms with E-state index >= 15 is 0 Å². The number of hydrogen-bond acceptors (Lipinski definition) is 3. The largest absolute Gasteiger partial charge is 0.456 e. The van der Waals surface area contributed by atoms with Gasteiger partial charge in [0.15, 0.2) is 0 Å². The molecule has 0 spiro atoms. The van der Waals surface area contributed by atoms with Gasteiger partial charge in [-0.25, -0.2) is 0 Å². The predicted molar refractivity (Wildman–Crippen MR) is 110 cm³/mol. The van der Waals surface area contributed by atoms with Crippen LogP contribution in [0.1, 0.15) is 6.42 Å². The molecule has 0 aromatic heterocycles. The van der Waals surface area contributed by atoms with Gasteiger partial charge in [0.2, 0.25) is 11.8 Å². The summed E-state index contributed by atoms with van der Waals surface area (Å²) in [5, 5.41) is 0.948. The lowest BCUT2D eigenvalue weighted by Crippen LogP contribution is -2.40. The molecule has 2 amide bonds. The minimum atomic E-state index is -0.190. The van der Waals surface area contributed by atoms with Crippen LogP contribution in [0.15, 0.2) is 54.6 Å². The second kappa shape index (κ2) is 6.10. The Labute approximate surface area is 178 Å². The van der Waals surface area contributed by atoms with Gasteiger partial charge < -0.3 is 4.74 Å². The van der Waals surface area contributed by atoms with E-state index in [1.807, 2.05) is 0 Å². The second-order valence-corrected chi connectivity index (χ2v) is 9.18. The molecule has 4 aliphatic carbocycles. The molecule has 146 valence electrons. The summed E-state index contributed by atoms with van der Waals surface area (Å²) in [6, 6.07) is 12.0. The van der Waals surface area contributed by atoms with Crippen LogP contribution in [-0.4, -0.2) is 11.8 Å². The van der Waals surface area contributed by atoms with Gasteiger partial charge in [0.1, 0.15) is 11.5 Å². The van der Waals surface area contributed by atoms with Crippen molar-refractivity contribution in [3.05, 3.63) is 64.7 Å². The van der Waals surface area contributed by atoms with Gasteiger partial charge in [0.25, 0.3) is 0 Å². The molecule has 4 nitrogen and oxygen atoms in total. The fraction of sp³-hybridized carbons (Fsp3) is 0.304. The third kappa shape index (κ3) is 2.52. The maximum Gasteiger partial charge on any atom is 0.238 e. The maximum atomic E-state index is 13.2. The average Bonchev–Trinajstić information content (AvgIpc) is 3.49. The molecular formula is C23H17Cl2NO3. The molecule has 1 saturated heterocycles. The standard InChI is InChI=1S/C23H17Cl2NO3/c24-11-1-8-19(18(25)9-11)29-13-4-2-12(3-5-13)26-22(27)20-14-6-7-15(17-10-16(14)17)21(20)23(26)28/h1-9,14-17,20-21H,10H2/t14-,15-,16-,17-,20+,21+/m0/s1. The molecule has 2 bridgehead atoms. The van der Waals surface area contributed by atoms with Crippen molar-refractivity contribution in [1.29, 1.82) is 0 Å². The Morgan fingerprint density at radius 3 is 2.07 bits per heavy atom. The van der Waals surface area contributed by atoms with E-state index in [-0.39, 0.29) is 35.5 Å². The van der Waals surface area contributed by atoms with Crippen LogP contribution < -0.4 is 9.64 Å². The van der Waals surface area contributed by atoms with E-state index in [2.05, 4.69) is 12.2 Å². The number of carbonyl (C=O) groups is 2. The van der Waals surface area contributed by atoms with Gasteiger partial charge >= 0.3 is 0 Å². The van der Waals surface area contributed by atoms with Gasteiger partial charge in [-0.1, -0.05) is 35.4 Å². The van der Waals surface area contributed by atoms with Gasteiger partial charge in [-0.15, -0.1) is 0 Å². The molecule has 5 aliphatic rings. The number of imide groups is 1. The SMILES string of the molecule is O=C1[C@@H]2[C@H]3C=C[C@@H]([C@@H]4C[C@@H]34)[C@H]2C(=O)N1c1ccc(Oc2ccc(Cl)cc2Cl)cc1. The van der Waals surface area contributed by atoms with E-state index in [1.165, 1.54) is 4.90 Å². The molecule has 0 N–H and O–H groups in total. The Bertz CT molecular complexity index is 1040. The monoisotopic (exact) mass is 425 g/mol. The number of halogens is 2. The van der Waals surface area contributed by atoms with Crippen molar-refractivity contribution in [2.45, 2.75) is 6.42 Å². The van der Waals surface area contributed by atoms with Crippen molar-refractivity contribution in [1.82, 2.24) is 0 Å². The van der Waals surface area contributed by atoms with Gasteiger partial charge in [-0.3, -0.25) is 14.5 Å². The first-order valence-corrected chi connectivity index (χ1v) is 10.6. The summed E-state index contributed by atoms with van der Waals surface area (Å²) < 4.78 is 5.81. The van der Waals surface area contributed by atoms with Crippen molar-refractivity contribution < 1.29 is 14.3 Å². The highest BCUT2D eigenvalue weighted by Crippen LogP contribution is 2.65. The van der Waals surface area contributed by atoms with Gasteiger partial charge in [0, 0.05) is 5.02 Å². The first-order chi connectivity index (χ1) is 14.0. The van der Waals surface area contributed by atoms with Crippen LogP contribution >= 0.6 is 23.2 Å². The number of ether oxygens (including phenoxy) is 1. The molecule has 0 radical (unpaired) electrons. The van der Waals surface area contributed by atoms with Crippen LogP contribution in [0, 0.1) is 35.5 Å². The highest BCUT2D eigenvalue weighted by molar-refractivity contribution is 6.35. The lowest BCUT2D eigenvalue weighted by Gasteiger charge is -2.37. The molecule has 1 aliphatic heterocycles. The maximum absolute atomic E-state index is 13.2. The zero-order valence-electron chi connectivity index (χ0n) is 15.3. The summed E-state index contributed by atoms with van der Waals surface area (Å²) in [5.41, 5.74) is 0.594. The van der Waals surface area contributed by atoms with Crippen molar-refractivity contribution >= 4 is 40.7 Å². The van der Waals surface area contributed by atoms with Crippen LogP contribution in [0.2, 0.25) is 10.0 Å². The van der Waals surface area contributed by atoms with E-state index in [0.717, 1.165) is 6.42 Å². The van der Waals surface area contributed by atoms with Crippen molar-refractivity contribution in [3.63, 3.8) is 0 Å². The summed E-state index contributed by atoms with van der Waals surface area (Å²) in [6.07, 6.45) is 5.53. The van der Waals surface area contributed by atoms with Crippen molar-refractivity contribution in [2.24, 2.45) is 35.5 Å². The third-order valence-corrected chi connectivity index (χ3v) is 7.41. The number of carbonyl (C=O) groups excluding carboxylic acids is 2. The molecule has 7 rings (SSSR count). The number of hydrogen-bond donors (Lipinski definition) is 0. The van der Waals surface area contributed by atoms with E-state index in [4.69, 9.17) is 27.9 Å². The van der Waals surface area contributed by atoms with Crippen molar-refractivity contribution in [3.8, 4) is 11.5 Å². The van der Waals surface area contributed by atoms with Gasteiger partial charge in [-0.05, 0) is 72.6 Å². The minimum absolute atomic E-state index is 0.0564. The summed E-state index contributed by atoms with van der Waals surface area (Å²) in [4.78, 5) is 27.7. The zero-order valence-corrected chi connectivity index (χ0v) is 16.8. The highest BCUT2D eigenvalue weighted by Gasteiger charge is 2.67. The van der Waals surface area contributed by atoms with Crippen LogP contribution in [0.25, 0.3) is 0 Å². The number of benzene rings is 2. The molecule has 2 aromatic rings. The van der Waals surface area contributed by atoms with Gasteiger partial charge in [-0.2, -0.15) is 0 Å². The summed E-state index contributed by atoms with van der Waals surface area (Å²) in [5.74, 6) is 2.22. The third-order valence-electron chi connectivity index (χ3n) is 6.88. The Hall–Kier alpha value is -2.30. The first-order valence-electron chi connectivity index (χ1n) is 9.82. The highest BCUT2D eigenvalue weighted by atomic mass is 35.5. The van der Waals surface area contributed by atoms with E-state index in [1.54, 1.807) is 42.5 Å². The molecule has 1 heterocycles. The van der Waals surface area contributed by atoms with Crippen molar-refractivity contribution in [2.75, 3.05) is 4.90 Å². The molecule has 6 atom stereocenters. The zero-order chi connectivity index (χ0) is 19.9. The Balaban J connectivity index is 1.26. The van der Waals surface area contributed by atoms with Crippen LogP contribution in [0.3, 0.4) is 0 Å². The van der Waals surface area contributed by atoms with Crippen LogP contribution in [-0.2, 0) is 9.59 Å². The van der Waals surface area contributed by atoms with Crippen LogP contribution in [0.5, 0.6) is 11.5 Å². The topological polar surface area (TPSA) is 46.6 Å². The number of allylic oxidation sites excluding steroid dienone is 2. The number of anilines is 1. The molecule has 3 fully saturated rings. The van der Waals surface area contributed by atoms with Crippen LogP contribution in [0.4, 0.5) is 5.69 Å². The lowest BCUT2D eigenvalue weighted by molar-refractivity contribution is -0.124. The summed E-state index contributed by atoms with van der Waals surface area (Å²) >= 11 is 12.1. The van der Waals surface area contributed by atoms with E-state index in [9.17, 15) is 9.59 Å². The first kappa shape index (κ1) is 17.5. The van der Waals surface area contributed by atoms with E-state index in [0.29, 0.717) is 39.1 Å². The summed E-state index contributed by atoms with van der Waals surface area (Å²) in [7, 11) is 0. The predicted octanol–water partition coefficient (Wildman–Crippen LogP) is 5.34. The molecule has 0 unspecified atom stereocenters. The molecule has 29 heavy (non-hydrogen) atoms. The summed E-state index contributed by atoms with van der Waals surface area (Å²) in [6.45, 7) is 0. The normalized spacial score (nSPS) is 33.7. The molecule has 6 heteroatoms. The lowest BCUT2D eigenvalue weighted by atomic mass is 9.63. The Morgan fingerprint density at radius 1 is 0.862 bits per heavy atom. The fourth-order valence-electron chi connectivity index (χ4n) is 5.56.